The second-order valence-electron chi connectivity index (χ2n) is 3.86. The minimum atomic E-state index is 0.306. The first-order chi connectivity index (χ1) is 6.60. The van der Waals surface area contributed by atoms with Crippen molar-refractivity contribution in [1.82, 2.24) is 20.1 Å². The predicted molar refractivity (Wildman–Crippen MR) is 57.2 cm³/mol. The Bertz CT molecular complexity index is 286. The van der Waals surface area contributed by atoms with Gasteiger partial charge in [0.05, 0.1) is 6.04 Å². The van der Waals surface area contributed by atoms with Crippen LogP contribution in [0.25, 0.3) is 0 Å². The molecule has 0 saturated heterocycles. The van der Waals surface area contributed by atoms with E-state index in [2.05, 4.69) is 36.2 Å². The molecule has 0 spiro atoms. The second kappa shape index (κ2) is 4.55. The number of hydrogen-bond acceptors (Lipinski definition) is 3. The van der Waals surface area contributed by atoms with E-state index in [1.807, 2.05) is 18.8 Å². The van der Waals surface area contributed by atoms with Crippen LogP contribution in [0.5, 0.6) is 0 Å². The van der Waals surface area contributed by atoms with Crippen molar-refractivity contribution in [2.24, 2.45) is 7.05 Å². The van der Waals surface area contributed by atoms with Gasteiger partial charge < -0.3 is 5.32 Å². The lowest BCUT2D eigenvalue weighted by atomic mass is 10.2. The fraction of sp³-hybridized carbons (Fsp3) is 0.800. The van der Waals surface area contributed by atoms with Gasteiger partial charge in [0, 0.05) is 13.0 Å². The number of nitrogens with one attached hydrogen (secondary N) is 1. The van der Waals surface area contributed by atoms with Gasteiger partial charge in [-0.05, 0) is 13.5 Å². The van der Waals surface area contributed by atoms with Crippen LogP contribution in [0.4, 0.5) is 0 Å². The molecule has 0 aliphatic rings. The van der Waals surface area contributed by atoms with Gasteiger partial charge in [0.1, 0.15) is 5.82 Å². The lowest BCUT2D eigenvalue weighted by molar-refractivity contribution is 0.513. The summed E-state index contributed by atoms with van der Waals surface area (Å²) >= 11 is 0. The van der Waals surface area contributed by atoms with Gasteiger partial charge in [-0.25, -0.2) is 4.98 Å². The topological polar surface area (TPSA) is 42.7 Å². The molecule has 4 heteroatoms. The SMILES string of the molecule is CCC(NC)c1nc(C(C)C)nn1C. The quantitative estimate of drug-likeness (QED) is 0.795. The number of rotatable bonds is 4. The summed E-state index contributed by atoms with van der Waals surface area (Å²) in [5, 5.41) is 7.63. The Hall–Kier alpha value is -0.900. The average Bonchev–Trinajstić information content (AvgIpc) is 2.51. The molecule has 0 amide bonds. The monoisotopic (exact) mass is 196 g/mol. The molecule has 0 aliphatic heterocycles. The number of nitrogens with zero attached hydrogens (tertiary/aromatic N) is 3. The lowest BCUT2D eigenvalue weighted by Crippen LogP contribution is -2.19. The van der Waals surface area contributed by atoms with Gasteiger partial charge in [-0.15, -0.1) is 0 Å². The number of hydrogen-bond donors (Lipinski definition) is 1. The zero-order valence-electron chi connectivity index (χ0n) is 9.70. The standard InChI is InChI=1S/C10H20N4/c1-6-8(11-4)10-12-9(7(2)3)13-14(10)5/h7-8,11H,6H2,1-5H3. The molecule has 1 N–H and O–H groups in total. The van der Waals surface area contributed by atoms with Gasteiger partial charge in [0.25, 0.3) is 0 Å². The number of aryl methyl sites for hydroxylation is 1. The summed E-state index contributed by atoms with van der Waals surface area (Å²) in [6.07, 6.45) is 1.03. The summed E-state index contributed by atoms with van der Waals surface area (Å²) in [5.41, 5.74) is 0. The van der Waals surface area contributed by atoms with Gasteiger partial charge in [0.2, 0.25) is 0 Å². The van der Waals surface area contributed by atoms with Crippen LogP contribution in [-0.2, 0) is 7.05 Å². The van der Waals surface area contributed by atoms with Gasteiger partial charge in [-0.3, -0.25) is 4.68 Å². The van der Waals surface area contributed by atoms with Crippen LogP contribution in [0.2, 0.25) is 0 Å². The molecule has 0 bridgehead atoms. The summed E-state index contributed by atoms with van der Waals surface area (Å²) in [6, 6.07) is 0.306. The Morgan fingerprint density at radius 2 is 2.07 bits per heavy atom. The van der Waals surface area contributed by atoms with E-state index in [0.717, 1.165) is 18.1 Å². The Morgan fingerprint density at radius 3 is 2.43 bits per heavy atom. The van der Waals surface area contributed by atoms with E-state index in [9.17, 15) is 0 Å². The van der Waals surface area contributed by atoms with Crippen LogP contribution in [0.1, 0.15) is 50.8 Å². The zero-order valence-corrected chi connectivity index (χ0v) is 9.70. The van der Waals surface area contributed by atoms with Crippen LogP contribution in [0.3, 0.4) is 0 Å². The van der Waals surface area contributed by atoms with Crippen molar-refractivity contribution in [2.45, 2.75) is 39.2 Å². The van der Waals surface area contributed by atoms with Gasteiger partial charge in [-0.1, -0.05) is 20.8 Å². The van der Waals surface area contributed by atoms with Gasteiger partial charge in [-0.2, -0.15) is 5.10 Å². The Morgan fingerprint density at radius 1 is 1.43 bits per heavy atom. The molecule has 1 atom stereocenters. The molecule has 1 unspecified atom stereocenters. The van der Waals surface area contributed by atoms with E-state index >= 15 is 0 Å². The highest BCUT2D eigenvalue weighted by Gasteiger charge is 2.16. The third-order valence-electron chi connectivity index (χ3n) is 2.40. The summed E-state index contributed by atoms with van der Waals surface area (Å²) in [5.74, 6) is 2.35. The van der Waals surface area contributed by atoms with Crippen molar-refractivity contribution in [1.29, 1.82) is 0 Å². The fourth-order valence-electron chi connectivity index (χ4n) is 1.48. The molecule has 1 heterocycles. The highest BCUT2D eigenvalue weighted by atomic mass is 15.3. The van der Waals surface area contributed by atoms with E-state index in [4.69, 9.17) is 0 Å². The summed E-state index contributed by atoms with van der Waals surface area (Å²) in [6.45, 7) is 6.36. The molecular weight excluding hydrogens is 176 g/mol. The van der Waals surface area contributed by atoms with E-state index in [1.165, 1.54) is 0 Å². The molecule has 1 rings (SSSR count). The lowest BCUT2D eigenvalue weighted by Gasteiger charge is -2.11. The summed E-state index contributed by atoms with van der Waals surface area (Å²) < 4.78 is 1.88. The molecule has 14 heavy (non-hydrogen) atoms. The summed E-state index contributed by atoms with van der Waals surface area (Å²) in [4.78, 5) is 4.54. The fourth-order valence-corrected chi connectivity index (χ4v) is 1.48. The third-order valence-corrected chi connectivity index (χ3v) is 2.40. The molecule has 0 saturated carbocycles. The van der Waals surface area contributed by atoms with Crippen LogP contribution in [0.15, 0.2) is 0 Å². The Balaban J connectivity index is 2.96. The van der Waals surface area contributed by atoms with Crippen molar-refractivity contribution >= 4 is 0 Å². The van der Waals surface area contributed by atoms with E-state index in [0.29, 0.717) is 12.0 Å². The van der Waals surface area contributed by atoms with E-state index in [-0.39, 0.29) is 0 Å². The molecule has 1 aromatic rings. The molecule has 0 radical (unpaired) electrons. The Kier molecular flexibility index (Phi) is 3.63. The van der Waals surface area contributed by atoms with Crippen molar-refractivity contribution < 1.29 is 0 Å². The van der Waals surface area contributed by atoms with Crippen LogP contribution in [-0.4, -0.2) is 21.8 Å². The van der Waals surface area contributed by atoms with Crippen molar-refractivity contribution in [3.05, 3.63) is 11.6 Å². The molecule has 80 valence electrons. The number of aromatic nitrogens is 3. The molecule has 0 fully saturated rings. The van der Waals surface area contributed by atoms with Crippen molar-refractivity contribution in [2.75, 3.05) is 7.05 Å². The maximum Gasteiger partial charge on any atom is 0.153 e. The van der Waals surface area contributed by atoms with E-state index < -0.39 is 0 Å². The second-order valence-corrected chi connectivity index (χ2v) is 3.86. The molecule has 1 aromatic heterocycles. The normalized spacial score (nSPS) is 13.6. The van der Waals surface area contributed by atoms with Crippen molar-refractivity contribution in [3.8, 4) is 0 Å². The first-order valence-electron chi connectivity index (χ1n) is 5.18. The van der Waals surface area contributed by atoms with Crippen molar-refractivity contribution in [3.63, 3.8) is 0 Å². The molecular formula is C10H20N4. The highest BCUT2D eigenvalue weighted by molar-refractivity contribution is 5.01. The minimum Gasteiger partial charge on any atom is -0.310 e. The van der Waals surface area contributed by atoms with Crippen LogP contribution in [0, 0.1) is 0 Å². The van der Waals surface area contributed by atoms with Gasteiger partial charge in [0.15, 0.2) is 5.82 Å². The van der Waals surface area contributed by atoms with Crippen LogP contribution < -0.4 is 5.32 Å². The maximum atomic E-state index is 4.54. The summed E-state index contributed by atoms with van der Waals surface area (Å²) in [7, 11) is 3.91. The maximum absolute atomic E-state index is 4.54. The van der Waals surface area contributed by atoms with Gasteiger partial charge >= 0.3 is 0 Å². The third kappa shape index (κ3) is 2.12. The van der Waals surface area contributed by atoms with Crippen LogP contribution >= 0.6 is 0 Å². The molecule has 0 aromatic carbocycles. The smallest absolute Gasteiger partial charge is 0.153 e. The van der Waals surface area contributed by atoms with E-state index in [1.54, 1.807) is 0 Å². The Labute approximate surface area is 85.7 Å². The highest BCUT2D eigenvalue weighted by Crippen LogP contribution is 2.16. The average molecular weight is 196 g/mol. The predicted octanol–water partition coefficient (Wildman–Crippen LogP) is 1.61. The first-order valence-corrected chi connectivity index (χ1v) is 5.18. The largest absolute Gasteiger partial charge is 0.310 e. The zero-order chi connectivity index (χ0) is 10.7. The first kappa shape index (κ1) is 11.2. The molecule has 0 aliphatic carbocycles. The minimum absolute atomic E-state index is 0.306. The molecule has 4 nitrogen and oxygen atoms in total.